The SMILES string of the molecule is O=C(CCc1ccccc1)NNC(=O)c1ccc(COc2ccccc2)cc1. The number of hydrogen-bond acceptors (Lipinski definition) is 3. The van der Waals surface area contributed by atoms with Crippen LogP contribution in [0, 0.1) is 0 Å². The lowest BCUT2D eigenvalue weighted by Crippen LogP contribution is -2.41. The van der Waals surface area contributed by atoms with Gasteiger partial charge in [-0.25, -0.2) is 0 Å². The molecule has 0 aliphatic heterocycles. The second-order valence-electron chi connectivity index (χ2n) is 6.29. The Morgan fingerprint density at radius 2 is 1.36 bits per heavy atom. The first-order valence-corrected chi connectivity index (χ1v) is 9.10. The van der Waals surface area contributed by atoms with E-state index in [1.165, 1.54) is 0 Å². The van der Waals surface area contributed by atoms with Crippen LogP contribution in [0.4, 0.5) is 0 Å². The van der Waals surface area contributed by atoms with E-state index in [9.17, 15) is 9.59 Å². The van der Waals surface area contributed by atoms with Crippen molar-refractivity contribution in [3.05, 3.63) is 102 Å². The molecule has 0 radical (unpaired) electrons. The summed E-state index contributed by atoms with van der Waals surface area (Å²) < 4.78 is 5.68. The summed E-state index contributed by atoms with van der Waals surface area (Å²) in [6, 6.07) is 26.3. The Morgan fingerprint density at radius 1 is 0.714 bits per heavy atom. The average Bonchev–Trinajstić information content (AvgIpc) is 2.76. The van der Waals surface area contributed by atoms with Gasteiger partial charge in [0.2, 0.25) is 5.91 Å². The molecule has 0 heterocycles. The Bertz CT molecular complexity index is 894. The van der Waals surface area contributed by atoms with Crippen LogP contribution in [0.3, 0.4) is 0 Å². The van der Waals surface area contributed by atoms with Gasteiger partial charge in [0.15, 0.2) is 0 Å². The molecule has 3 rings (SSSR count). The Morgan fingerprint density at radius 3 is 2.04 bits per heavy atom. The van der Waals surface area contributed by atoms with Crippen molar-refractivity contribution in [1.82, 2.24) is 10.9 Å². The summed E-state index contributed by atoms with van der Waals surface area (Å²) >= 11 is 0. The minimum atomic E-state index is -0.358. The lowest BCUT2D eigenvalue weighted by Gasteiger charge is -2.09. The topological polar surface area (TPSA) is 67.4 Å². The molecule has 3 aromatic carbocycles. The second kappa shape index (κ2) is 9.92. The third-order valence-electron chi connectivity index (χ3n) is 4.16. The van der Waals surface area contributed by atoms with Gasteiger partial charge in [-0.05, 0) is 41.8 Å². The highest BCUT2D eigenvalue weighted by molar-refractivity contribution is 5.95. The van der Waals surface area contributed by atoms with Crippen molar-refractivity contribution in [2.45, 2.75) is 19.4 Å². The first-order chi connectivity index (χ1) is 13.7. The number of carbonyl (C=O) groups is 2. The fourth-order valence-corrected chi connectivity index (χ4v) is 2.60. The van der Waals surface area contributed by atoms with E-state index >= 15 is 0 Å². The molecule has 0 aliphatic carbocycles. The molecule has 142 valence electrons. The molecule has 3 aromatic rings. The normalized spacial score (nSPS) is 10.1. The van der Waals surface area contributed by atoms with Crippen molar-refractivity contribution in [3.8, 4) is 5.75 Å². The number of hydrogen-bond donors (Lipinski definition) is 2. The quantitative estimate of drug-likeness (QED) is 0.620. The van der Waals surface area contributed by atoms with Crippen LogP contribution in [0.5, 0.6) is 5.75 Å². The number of rotatable bonds is 7. The van der Waals surface area contributed by atoms with Crippen molar-refractivity contribution >= 4 is 11.8 Å². The maximum atomic E-state index is 12.2. The average molecular weight is 374 g/mol. The van der Waals surface area contributed by atoms with E-state index in [0.717, 1.165) is 16.9 Å². The summed E-state index contributed by atoms with van der Waals surface area (Å²) in [5.41, 5.74) is 7.39. The number of para-hydroxylation sites is 1. The largest absolute Gasteiger partial charge is 0.489 e. The van der Waals surface area contributed by atoms with Gasteiger partial charge in [0.1, 0.15) is 12.4 Å². The summed E-state index contributed by atoms with van der Waals surface area (Å²) in [5.74, 6) is 0.205. The Labute approximate surface area is 164 Å². The molecule has 0 unspecified atom stereocenters. The van der Waals surface area contributed by atoms with Crippen molar-refractivity contribution in [3.63, 3.8) is 0 Å². The summed E-state index contributed by atoms with van der Waals surface area (Å²) in [4.78, 5) is 24.0. The first-order valence-electron chi connectivity index (χ1n) is 9.10. The van der Waals surface area contributed by atoms with Gasteiger partial charge in [0, 0.05) is 12.0 Å². The fraction of sp³-hybridized carbons (Fsp3) is 0.130. The third-order valence-corrected chi connectivity index (χ3v) is 4.16. The van der Waals surface area contributed by atoms with Crippen LogP contribution in [0.15, 0.2) is 84.9 Å². The maximum Gasteiger partial charge on any atom is 0.269 e. The van der Waals surface area contributed by atoms with Gasteiger partial charge in [-0.3, -0.25) is 20.4 Å². The predicted molar refractivity (Wildman–Crippen MR) is 108 cm³/mol. The van der Waals surface area contributed by atoms with Crippen LogP contribution in [0.25, 0.3) is 0 Å². The lowest BCUT2D eigenvalue weighted by atomic mass is 10.1. The monoisotopic (exact) mass is 374 g/mol. The highest BCUT2D eigenvalue weighted by atomic mass is 16.5. The van der Waals surface area contributed by atoms with Crippen LogP contribution in [-0.4, -0.2) is 11.8 Å². The molecule has 5 heteroatoms. The molecule has 0 aromatic heterocycles. The van der Waals surface area contributed by atoms with E-state index in [1.54, 1.807) is 12.1 Å². The smallest absolute Gasteiger partial charge is 0.269 e. The highest BCUT2D eigenvalue weighted by Gasteiger charge is 2.08. The zero-order chi connectivity index (χ0) is 19.6. The van der Waals surface area contributed by atoms with E-state index in [4.69, 9.17) is 4.74 Å². The predicted octanol–water partition coefficient (Wildman–Crippen LogP) is 3.66. The highest BCUT2D eigenvalue weighted by Crippen LogP contribution is 2.12. The molecular formula is C23H22N2O3. The first kappa shape index (κ1) is 19.2. The van der Waals surface area contributed by atoms with Crippen molar-refractivity contribution in [2.75, 3.05) is 0 Å². The van der Waals surface area contributed by atoms with Crippen LogP contribution in [0.1, 0.15) is 27.9 Å². The van der Waals surface area contributed by atoms with Gasteiger partial charge in [-0.2, -0.15) is 0 Å². The van der Waals surface area contributed by atoms with Gasteiger partial charge in [-0.1, -0.05) is 60.7 Å². The third kappa shape index (κ3) is 5.99. The number of aryl methyl sites for hydroxylation is 1. The molecular weight excluding hydrogens is 352 g/mol. The molecule has 0 fully saturated rings. The van der Waals surface area contributed by atoms with Crippen LogP contribution < -0.4 is 15.6 Å². The number of benzene rings is 3. The second-order valence-corrected chi connectivity index (χ2v) is 6.29. The van der Waals surface area contributed by atoms with Crippen molar-refractivity contribution in [2.24, 2.45) is 0 Å². The van der Waals surface area contributed by atoms with E-state index in [-0.39, 0.29) is 11.8 Å². The molecule has 0 saturated heterocycles. The van der Waals surface area contributed by atoms with Crippen LogP contribution in [0.2, 0.25) is 0 Å². The number of amides is 2. The molecule has 0 aliphatic rings. The van der Waals surface area contributed by atoms with E-state index < -0.39 is 0 Å². The summed E-state index contributed by atoms with van der Waals surface area (Å²) in [5, 5.41) is 0. The maximum absolute atomic E-state index is 12.2. The molecule has 2 N–H and O–H groups in total. The minimum absolute atomic E-state index is 0.231. The lowest BCUT2D eigenvalue weighted by molar-refractivity contribution is -0.121. The number of nitrogens with one attached hydrogen (secondary N) is 2. The summed E-state index contributed by atoms with van der Waals surface area (Å²) in [7, 11) is 0. The van der Waals surface area contributed by atoms with Gasteiger partial charge in [0.25, 0.3) is 5.91 Å². The fourth-order valence-electron chi connectivity index (χ4n) is 2.60. The Balaban J connectivity index is 1.42. The van der Waals surface area contributed by atoms with Gasteiger partial charge in [-0.15, -0.1) is 0 Å². The van der Waals surface area contributed by atoms with E-state index in [2.05, 4.69) is 10.9 Å². The van der Waals surface area contributed by atoms with Gasteiger partial charge < -0.3 is 4.74 Å². The summed E-state index contributed by atoms with van der Waals surface area (Å²) in [6.45, 7) is 0.419. The van der Waals surface area contributed by atoms with Crippen molar-refractivity contribution < 1.29 is 14.3 Å². The summed E-state index contributed by atoms with van der Waals surface area (Å²) in [6.07, 6.45) is 0.929. The number of ether oxygens (including phenoxy) is 1. The minimum Gasteiger partial charge on any atom is -0.489 e. The molecule has 0 spiro atoms. The molecule has 5 nitrogen and oxygen atoms in total. The molecule has 2 amide bonds. The molecule has 28 heavy (non-hydrogen) atoms. The zero-order valence-electron chi connectivity index (χ0n) is 15.4. The molecule has 0 saturated carbocycles. The number of hydrazine groups is 1. The van der Waals surface area contributed by atoms with Gasteiger partial charge >= 0.3 is 0 Å². The standard InChI is InChI=1S/C23H22N2O3/c26-22(16-13-18-7-3-1-4-8-18)24-25-23(27)20-14-11-19(12-15-20)17-28-21-9-5-2-6-10-21/h1-12,14-15H,13,16-17H2,(H,24,26)(H,25,27). The Hall–Kier alpha value is -3.60. The van der Waals surface area contributed by atoms with E-state index in [1.807, 2.05) is 72.8 Å². The zero-order valence-corrected chi connectivity index (χ0v) is 15.4. The van der Waals surface area contributed by atoms with Crippen LogP contribution >= 0.6 is 0 Å². The Kier molecular flexibility index (Phi) is 6.79. The molecule has 0 bridgehead atoms. The van der Waals surface area contributed by atoms with Gasteiger partial charge in [0.05, 0.1) is 0 Å². The molecule has 0 atom stereocenters. The van der Waals surface area contributed by atoms with Crippen LogP contribution in [-0.2, 0) is 17.8 Å². The van der Waals surface area contributed by atoms with Crippen molar-refractivity contribution in [1.29, 1.82) is 0 Å². The number of carbonyl (C=O) groups excluding carboxylic acids is 2. The van der Waals surface area contributed by atoms with E-state index in [0.29, 0.717) is 25.0 Å².